The Balaban J connectivity index is 2.54. The van der Waals surface area contributed by atoms with E-state index >= 15 is 0 Å². The number of rotatable bonds is 5. The number of anilines is 2. The largest absolute Gasteiger partial charge is 0.399 e. The summed E-state index contributed by atoms with van der Waals surface area (Å²) in [4.78, 5) is 0. The molecule has 0 spiro atoms. The van der Waals surface area contributed by atoms with Crippen molar-refractivity contribution in [1.29, 1.82) is 0 Å². The highest BCUT2D eigenvalue weighted by molar-refractivity contribution is 6.39. The van der Waals surface area contributed by atoms with Crippen molar-refractivity contribution in [2.24, 2.45) is 5.92 Å². The van der Waals surface area contributed by atoms with Gasteiger partial charge < -0.3 is 11.1 Å². The van der Waals surface area contributed by atoms with E-state index in [0.29, 0.717) is 15.7 Å². The van der Waals surface area contributed by atoms with Crippen molar-refractivity contribution in [1.82, 2.24) is 0 Å². The molecule has 0 fully saturated rings. The predicted molar refractivity (Wildman–Crippen MR) is 73.4 cm³/mol. The van der Waals surface area contributed by atoms with Crippen molar-refractivity contribution in [2.45, 2.75) is 26.7 Å². The highest BCUT2D eigenvalue weighted by Crippen LogP contribution is 2.32. The Hall–Kier alpha value is -0.600. The number of nitrogens with two attached hydrogens (primary N) is 1. The standard InChI is InChI=1S/C12H18Cl2N2/c1-8(2)4-3-5-16-12-10(13)6-9(15)7-11(12)14/h6-8,16H,3-5,15H2,1-2H3. The molecule has 0 amide bonds. The van der Waals surface area contributed by atoms with Crippen LogP contribution in [-0.4, -0.2) is 6.54 Å². The average molecular weight is 261 g/mol. The fraction of sp³-hybridized carbons (Fsp3) is 0.500. The van der Waals surface area contributed by atoms with Gasteiger partial charge in [0, 0.05) is 12.2 Å². The minimum Gasteiger partial charge on any atom is -0.399 e. The Labute approximate surface area is 107 Å². The van der Waals surface area contributed by atoms with Crippen molar-refractivity contribution in [3.05, 3.63) is 22.2 Å². The van der Waals surface area contributed by atoms with Crippen LogP contribution in [0.1, 0.15) is 26.7 Å². The van der Waals surface area contributed by atoms with Crippen LogP contribution in [0.15, 0.2) is 12.1 Å². The second kappa shape index (κ2) is 6.21. The first-order valence-corrected chi connectivity index (χ1v) is 6.24. The molecule has 0 saturated heterocycles. The van der Waals surface area contributed by atoms with Crippen LogP contribution < -0.4 is 11.1 Å². The lowest BCUT2D eigenvalue weighted by Crippen LogP contribution is -2.04. The van der Waals surface area contributed by atoms with Gasteiger partial charge in [0.1, 0.15) is 0 Å². The Morgan fingerprint density at radius 2 is 1.81 bits per heavy atom. The molecule has 0 saturated carbocycles. The van der Waals surface area contributed by atoms with Crippen molar-refractivity contribution >= 4 is 34.6 Å². The van der Waals surface area contributed by atoms with Gasteiger partial charge >= 0.3 is 0 Å². The molecule has 0 atom stereocenters. The SMILES string of the molecule is CC(C)CCCNc1c(Cl)cc(N)cc1Cl. The molecule has 0 aliphatic carbocycles. The van der Waals surface area contributed by atoms with Gasteiger partial charge in [-0.05, 0) is 30.9 Å². The topological polar surface area (TPSA) is 38.0 Å². The van der Waals surface area contributed by atoms with E-state index in [2.05, 4.69) is 19.2 Å². The van der Waals surface area contributed by atoms with Crippen molar-refractivity contribution in [3.63, 3.8) is 0 Å². The first-order valence-electron chi connectivity index (χ1n) is 5.49. The monoisotopic (exact) mass is 260 g/mol. The molecular weight excluding hydrogens is 243 g/mol. The number of hydrogen-bond donors (Lipinski definition) is 2. The maximum absolute atomic E-state index is 6.05. The summed E-state index contributed by atoms with van der Waals surface area (Å²) >= 11 is 12.1. The third kappa shape index (κ3) is 4.11. The van der Waals surface area contributed by atoms with E-state index in [1.807, 2.05) is 0 Å². The van der Waals surface area contributed by atoms with Gasteiger partial charge in [-0.15, -0.1) is 0 Å². The summed E-state index contributed by atoms with van der Waals surface area (Å²) in [5.74, 6) is 0.721. The summed E-state index contributed by atoms with van der Waals surface area (Å²) < 4.78 is 0. The van der Waals surface area contributed by atoms with Crippen LogP contribution in [0.4, 0.5) is 11.4 Å². The van der Waals surface area contributed by atoms with Crippen LogP contribution in [0.3, 0.4) is 0 Å². The zero-order valence-electron chi connectivity index (χ0n) is 9.69. The first-order chi connectivity index (χ1) is 7.50. The van der Waals surface area contributed by atoms with Crippen molar-refractivity contribution in [3.8, 4) is 0 Å². The smallest absolute Gasteiger partial charge is 0.0720 e. The van der Waals surface area contributed by atoms with Gasteiger partial charge in [0.25, 0.3) is 0 Å². The van der Waals surface area contributed by atoms with Gasteiger partial charge in [0.05, 0.1) is 15.7 Å². The van der Waals surface area contributed by atoms with Gasteiger partial charge in [0.15, 0.2) is 0 Å². The van der Waals surface area contributed by atoms with Gasteiger partial charge in [-0.1, -0.05) is 37.0 Å². The van der Waals surface area contributed by atoms with Crippen LogP contribution in [0.2, 0.25) is 10.0 Å². The molecule has 2 nitrogen and oxygen atoms in total. The number of halogens is 2. The third-order valence-electron chi connectivity index (χ3n) is 2.32. The Morgan fingerprint density at radius 1 is 1.25 bits per heavy atom. The molecule has 1 rings (SSSR count). The van der Waals surface area contributed by atoms with Crippen LogP contribution in [0, 0.1) is 5.92 Å². The molecule has 1 aromatic carbocycles. The summed E-state index contributed by atoms with van der Waals surface area (Å²) in [6.45, 7) is 5.30. The lowest BCUT2D eigenvalue weighted by molar-refractivity contribution is 0.567. The molecule has 0 aromatic heterocycles. The minimum atomic E-state index is 0.578. The normalized spacial score (nSPS) is 10.8. The first kappa shape index (κ1) is 13.5. The fourth-order valence-electron chi connectivity index (χ4n) is 1.49. The van der Waals surface area contributed by atoms with Gasteiger partial charge in [-0.2, -0.15) is 0 Å². The maximum Gasteiger partial charge on any atom is 0.0720 e. The van der Waals surface area contributed by atoms with Crippen LogP contribution >= 0.6 is 23.2 Å². The van der Waals surface area contributed by atoms with E-state index in [9.17, 15) is 0 Å². The van der Waals surface area contributed by atoms with Crippen molar-refractivity contribution in [2.75, 3.05) is 17.6 Å². The van der Waals surface area contributed by atoms with Crippen LogP contribution in [0.25, 0.3) is 0 Å². The molecule has 1 aromatic rings. The quantitative estimate of drug-likeness (QED) is 0.608. The summed E-state index contributed by atoms with van der Waals surface area (Å²) in [7, 11) is 0. The lowest BCUT2D eigenvalue weighted by Gasteiger charge is -2.11. The summed E-state index contributed by atoms with van der Waals surface area (Å²) in [6, 6.07) is 3.41. The second-order valence-corrected chi connectivity index (χ2v) is 5.14. The van der Waals surface area contributed by atoms with E-state index in [-0.39, 0.29) is 0 Å². The van der Waals surface area contributed by atoms with E-state index in [1.165, 1.54) is 6.42 Å². The molecule has 0 aliphatic rings. The Morgan fingerprint density at radius 3 is 2.31 bits per heavy atom. The predicted octanol–water partition coefficient (Wildman–Crippen LogP) is 4.42. The number of hydrogen-bond acceptors (Lipinski definition) is 2. The minimum absolute atomic E-state index is 0.578. The molecule has 4 heteroatoms. The van der Waals surface area contributed by atoms with E-state index in [0.717, 1.165) is 24.6 Å². The van der Waals surface area contributed by atoms with Gasteiger partial charge in [0.2, 0.25) is 0 Å². The molecule has 0 heterocycles. The maximum atomic E-state index is 6.05. The lowest BCUT2D eigenvalue weighted by atomic mass is 10.1. The highest BCUT2D eigenvalue weighted by Gasteiger charge is 2.06. The molecule has 90 valence electrons. The summed E-state index contributed by atoms with van der Waals surface area (Å²) in [6.07, 6.45) is 2.30. The van der Waals surface area contributed by atoms with E-state index < -0.39 is 0 Å². The van der Waals surface area contributed by atoms with Gasteiger partial charge in [-0.25, -0.2) is 0 Å². The Bertz CT molecular complexity index is 328. The highest BCUT2D eigenvalue weighted by atomic mass is 35.5. The molecule has 0 aliphatic heterocycles. The fourth-order valence-corrected chi connectivity index (χ4v) is 2.12. The number of nitrogens with one attached hydrogen (secondary N) is 1. The van der Waals surface area contributed by atoms with Gasteiger partial charge in [-0.3, -0.25) is 0 Å². The molecule has 0 radical (unpaired) electrons. The van der Waals surface area contributed by atoms with Crippen LogP contribution in [-0.2, 0) is 0 Å². The van der Waals surface area contributed by atoms with Crippen LogP contribution in [0.5, 0.6) is 0 Å². The Kier molecular flexibility index (Phi) is 5.23. The molecular formula is C12H18Cl2N2. The summed E-state index contributed by atoms with van der Waals surface area (Å²) in [5, 5.41) is 4.40. The van der Waals surface area contributed by atoms with E-state index in [1.54, 1.807) is 12.1 Å². The zero-order valence-corrected chi connectivity index (χ0v) is 11.2. The molecule has 0 unspecified atom stereocenters. The number of benzene rings is 1. The average Bonchev–Trinajstić information content (AvgIpc) is 2.14. The van der Waals surface area contributed by atoms with E-state index in [4.69, 9.17) is 28.9 Å². The molecule has 16 heavy (non-hydrogen) atoms. The zero-order chi connectivity index (χ0) is 12.1. The third-order valence-corrected chi connectivity index (χ3v) is 2.92. The van der Waals surface area contributed by atoms with Crippen molar-refractivity contribution < 1.29 is 0 Å². The molecule has 3 N–H and O–H groups in total. The molecule has 0 bridgehead atoms. The second-order valence-electron chi connectivity index (χ2n) is 4.32. The summed E-state index contributed by atoms with van der Waals surface area (Å²) in [5.41, 5.74) is 6.99. The number of nitrogen functional groups attached to an aromatic ring is 1.